The Labute approximate surface area is 181 Å². The summed E-state index contributed by atoms with van der Waals surface area (Å²) >= 11 is 7.71. The first kappa shape index (κ1) is 20.0. The highest BCUT2D eigenvalue weighted by atomic mass is 35.5. The number of halogens is 1. The molecule has 2 N–H and O–H groups in total. The van der Waals surface area contributed by atoms with E-state index in [0.717, 1.165) is 10.1 Å². The highest BCUT2D eigenvalue weighted by Crippen LogP contribution is 2.37. The van der Waals surface area contributed by atoms with Crippen LogP contribution in [0.3, 0.4) is 0 Å². The summed E-state index contributed by atoms with van der Waals surface area (Å²) in [7, 11) is 1.59. The third kappa shape index (κ3) is 4.17. The molecule has 4 rings (SSSR count). The maximum atomic E-state index is 12.8. The third-order valence-electron chi connectivity index (χ3n) is 4.43. The maximum absolute atomic E-state index is 12.8. The summed E-state index contributed by atoms with van der Waals surface area (Å²) in [5.41, 5.74) is 0.920. The maximum Gasteiger partial charge on any atom is 0.267 e. The first-order valence-electron chi connectivity index (χ1n) is 9.03. The molecule has 0 bridgehead atoms. The number of carbonyl (C=O) groups excluding carboxylic acids is 2. The number of amides is 2. The van der Waals surface area contributed by atoms with Crippen LogP contribution >= 0.6 is 22.9 Å². The number of fused-ring (bicyclic) bond motifs is 1. The number of hydrogen-bond donors (Lipinski definition) is 2. The second-order valence-electron chi connectivity index (χ2n) is 6.40. The molecule has 0 aliphatic heterocycles. The van der Waals surface area contributed by atoms with Crippen molar-refractivity contribution in [3.8, 4) is 5.75 Å². The highest BCUT2D eigenvalue weighted by molar-refractivity contribution is 7.21. The topological polar surface area (TPSA) is 80.6 Å². The fraction of sp³-hybridized carbons (Fsp3) is 0.0909. The lowest BCUT2D eigenvalue weighted by Crippen LogP contribution is -2.22. The predicted molar refractivity (Wildman–Crippen MR) is 118 cm³/mol. The van der Waals surface area contributed by atoms with E-state index in [9.17, 15) is 9.59 Å². The minimum atomic E-state index is -0.340. The molecule has 0 saturated heterocycles. The van der Waals surface area contributed by atoms with Crippen molar-refractivity contribution in [1.29, 1.82) is 0 Å². The summed E-state index contributed by atoms with van der Waals surface area (Å²) in [4.78, 5) is 25.6. The molecule has 0 aliphatic rings. The number of methoxy groups -OCH3 is 1. The van der Waals surface area contributed by atoms with Crippen LogP contribution in [0.25, 0.3) is 10.1 Å². The summed E-state index contributed by atoms with van der Waals surface area (Å²) in [6, 6.07) is 15.7. The average molecular weight is 441 g/mol. The lowest BCUT2D eigenvalue weighted by atomic mass is 10.2. The molecule has 8 heteroatoms. The van der Waals surface area contributed by atoms with Gasteiger partial charge in [0.05, 0.1) is 24.9 Å². The molecule has 2 aromatic heterocycles. The lowest BCUT2D eigenvalue weighted by Gasteiger charge is -2.07. The van der Waals surface area contributed by atoms with Gasteiger partial charge in [-0.3, -0.25) is 9.59 Å². The van der Waals surface area contributed by atoms with Crippen molar-refractivity contribution in [2.45, 2.75) is 6.54 Å². The first-order valence-corrected chi connectivity index (χ1v) is 10.2. The number of furan rings is 1. The molecule has 2 heterocycles. The molecule has 0 atom stereocenters. The Morgan fingerprint density at radius 1 is 1.10 bits per heavy atom. The Hall–Kier alpha value is -3.29. The monoisotopic (exact) mass is 440 g/mol. The first-order chi connectivity index (χ1) is 14.5. The van der Waals surface area contributed by atoms with Crippen molar-refractivity contribution in [3.63, 3.8) is 0 Å². The smallest absolute Gasteiger partial charge is 0.267 e. The van der Waals surface area contributed by atoms with Gasteiger partial charge in [-0.2, -0.15) is 0 Å². The van der Waals surface area contributed by atoms with Gasteiger partial charge in [0, 0.05) is 21.3 Å². The standard InChI is InChI=1S/C22H17ClN2O4S/c1-28-15-7-8-17-18(11-15)30-20(19(17)23)22(27)25-14-5-2-4-13(10-14)21(26)24-12-16-6-3-9-29-16/h2-11H,12H2,1H3,(H,24,26)(H,25,27). The SMILES string of the molecule is COc1ccc2c(Cl)c(C(=O)Nc3cccc(C(=O)NCc4ccco4)c3)sc2c1. The number of ether oxygens (including phenoxy) is 1. The van der Waals surface area contributed by atoms with Crippen molar-refractivity contribution in [3.05, 3.63) is 82.1 Å². The second kappa shape index (κ2) is 8.61. The van der Waals surface area contributed by atoms with Crippen LogP contribution in [-0.2, 0) is 6.54 Å². The third-order valence-corrected chi connectivity index (χ3v) is 6.08. The van der Waals surface area contributed by atoms with Crippen molar-refractivity contribution in [1.82, 2.24) is 5.32 Å². The zero-order valence-corrected chi connectivity index (χ0v) is 17.5. The Morgan fingerprint density at radius 2 is 1.97 bits per heavy atom. The molecular formula is C22H17ClN2O4S. The molecule has 0 radical (unpaired) electrons. The van der Waals surface area contributed by atoms with Gasteiger partial charge in [-0.15, -0.1) is 11.3 Å². The van der Waals surface area contributed by atoms with Crippen LogP contribution in [0, 0.1) is 0 Å². The van der Waals surface area contributed by atoms with Crippen LogP contribution < -0.4 is 15.4 Å². The Kier molecular flexibility index (Phi) is 5.74. The van der Waals surface area contributed by atoms with Crippen LogP contribution in [0.4, 0.5) is 5.69 Å². The van der Waals surface area contributed by atoms with Crippen molar-refractivity contribution in [2.75, 3.05) is 12.4 Å². The minimum absolute atomic E-state index is 0.269. The molecule has 2 aromatic carbocycles. The molecule has 0 spiro atoms. The van der Waals surface area contributed by atoms with Gasteiger partial charge in [0.1, 0.15) is 16.4 Å². The summed E-state index contributed by atoms with van der Waals surface area (Å²) in [5, 5.41) is 6.77. The molecule has 2 amide bonds. The molecule has 0 aliphatic carbocycles. The molecule has 6 nitrogen and oxygen atoms in total. The zero-order valence-electron chi connectivity index (χ0n) is 15.9. The minimum Gasteiger partial charge on any atom is -0.497 e. The highest BCUT2D eigenvalue weighted by Gasteiger charge is 2.18. The van der Waals surface area contributed by atoms with Crippen LogP contribution in [-0.4, -0.2) is 18.9 Å². The number of nitrogens with one attached hydrogen (secondary N) is 2. The van der Waals surface area contributed by atoms with Gasteiger partial charge in [-0.1, -0.05) is 17.7 Å². The van der Waals surface area contributed by atoms with Gasteiger partial charge in [0.2, 0.25) is 0 Å². The lowest BCUT2D eigenvalue weighted by molar-refractivity contribution is 0.0946. The Balaban J connectivity index is 1.49. The van der Waals surface area contributed by atoms with Crippen LogP contribution in [0.5, 0.6) is 5.75 Å². The number of benzene rings is 2. The molecule has 0 unspecified atom stereocenters. The fourth-order valence-corrected chi connectivity index (χ4v) is 4.37. The van der Waals surface area contributed by atoms with E-state index in [1.807, 2.05) is 12.1 Å². The van der Waals surface area contributed by atoms with Gasteiger partial charge >= 0.3 is 0 Å². The zero-order chi connectivity index (χ0) is 21.1. The quantitative estimate of drug-likeness (QED) is 0.424. The largest absolute Gasteiger partial charge is 0.497 e. The van der Waals surface area contributed by atoms with Gasteiger partial charge < -0.3 is 19.8 Å². The van der Waals surface area contributed by atoms with Crippen LogP contribution in [0.1, 0.15) is 25.8 Å². The second-order valence-corrected chi connectivity index (χ2v) is 7.83. The van der Waals surface area contributed by atoms with Crippen molar-refractivity contribution >= 4 is 50.5 Å². The molecule has 4 aromatic rings. The van der Waals surface area contributed by atoms with E-state index in [-0.39, 0.29) is 18.4 Å². The van der Waals surface area contributed by atoms with Crippen molar-refractivity contribution in [2.24, 2.45) is 0 Å². The van der Waals surface area contributed by atoms with E-state index >= 15 is 0 Å². The fourth-order valence-electron chi connectivity index (χ4n) is 2.93. The molecular weight excluding hydrogens is 424 g/mol. The van der Waals surface area contributed by atoms with Gasteiger partial charge in [0.25, 0.3) is 11.8 Å². The molecule has 152 valence electrons. The summed E-state index contributed by atoms with van der Waals surface area (Å²) in [6.07, 6.45) is 1.55. The summed E-state index contributed by atoms with van der Waals surface area (Å²) < 4.78 is 11.3. The predicted octanol–water partition coefficient (Wildman–Crippen LogP) is 5.34. The van der Waals surface area contributed by atoms with E-state index in [4.69, 9.17) is 20.8 Å². The van der Waals surface area contributed by atoms with E-state index < -0.39 is 0 Å². The normalized spacial score (nSPS) is 10.7. The van der Waals surface area contributed by atoms with Gasteiger partial charge in [-0.25, -0.2) is 0 Å². The van der Waals surface area contributed by atoms with Gasteiger partial charge in [-0.05, 0) is 48.5 Å². The molecule has 0 saturated carbocycles. The number of carbonyl (C=O) groups is 2. The molecule has 0 fully saturated rings. The van der Waals surface area contributed by atoms with Crippen LogP contribution in [0.2, 0.25) is 5.02 Å². The van der Waals surface area contributed by atoms with Crippen LogP contribution in [0.15, 0.2) is 65.3 Å². The van der Waals surface area contributed by atoms with E-state index in [1.165, 1.54) is 11.3 Å². The average Bonchev–Trinajstić information content (AvgIpc) is 3.40. The molecule has 30 heavy (non-hydrogen) atoms. The Bertz CT molecular complexity index is 1220. The summed E-state index contributed by atoms with van der Waals surface area (Å²) in [5.74, 6) is 0.743. The van der Waals surface area contributed by atoms with E-state index in [0.29, 0.717) is 32.7 Å². The number of thiophene rings is 1. The van der Waals surface area contributed by atoms with Gasteiger partial charge in [0.15, 0.2) is 0 Å². The number of hydrogen-bond acceptors (Lipinski definition) is 5. The van der Waals surface area contributed by atoms with Crippen molar-refractivity contribution < 1.29 is 18.7 Å². The summed E-state index contributed by atoms with van der Waals surface area (Å²) in [6.45, 7) is 0.281. The number of anilines is 1. The van der Waals surface area contributed by atoms with E-state index in [1.54, 1.807) is 55.8 Å². The van der Waals surface area contributed by atoms with E-state index in [2.05, 4.69) is 10.6 Å². The Morgan fingerprint density at radius 3 is 2.73 bits per heavy atom. The number of rotatable bonds is 6.